The van der Waals surface area contributed by atoms with Crippen LogP contribution < -0.4 is 11.1 Å². The zero-order chi connectivity index (χ0) is 16.4. The summed E-state index contributed by atoms with van der Waals surface area (Å²) < 4.78 is 0. The zero-order valence-corrected chi connectivity index (χ0v) is 13.2. The number of amides is 2. The number of benzene rings is 2. The number of primary amides is 1. The third kappa shape index (κ3) is 3.71. The first-order chi connectivity index (χ1) is 11.0. The predicted molar refractivity (Wildman–Crippen MR) is 90.5 cm³/mol. The Balaban J connectivity index is 1.61. The molecule has 23 heavy (non-hydrogen) atoms. The number of hydrogen-bond donors (Lipinski definition) is 2. The molecule has 5 heteroatoms. The molecule has 0 unspecified atom stereocenters. The fourth-order valence-corrected chi connectivity index (χ4v) is 2.96. The number of hydrogen-bond acceptors (Lipinski definition) is 2. The van der Waals surface area contributed by atoms with E-state index in [4.69, 9.17) is 17.3 Å². The fraction of sp³-hybridized carbons (Fsp3) is 0.222. The molecule has 0 spiro atoms. The van der Waals surface area contributed by atoms with Crippen LogP contribution >= 0.6 is 11.6 Å². The molecule has 1 fully saturated rings. The lowest BCUT2D eigenvalue weighted by Gasteiger charge is -2.08. The average Bonchev–Trinajstić information content (AvgIpc) is 3.29. The van der Waals surface area contributed by atoms with Gasteiger partial charge in [-0.2, -0.15) is 0 Å². The minimum absolute atomic E-state index is 0.100. The first kappa shape index (κ1) is 15.6. The van der Waals surface area contributed by atoms with E-state index in [0.717, 1.165) is 6.42 Å². The lowest BCUT2D eigenvalue weighted by Crippen LogP contribution is -2.15. The van der Waals surface area contributed by atoms with E-state index in [2.05, 4.69) is 17.4 Å². The third-order valence-electron chi connectivity index (χ3n) is 4.12. The number of rotatable bonds is 5. The van der Waals surface area contributed by atoms with Gasteiger partial charge in [0.1, 0.15) is 0 Å². The van der Waals surface area contributed by atoms with E-state index >= 15 is 0 Å². The molecule has 0 aliphatic heterocycles. The van der Waals surface area contributed by atoms with E-state index in [1.807, 2.05) is 18.2 Å². The van der Waals surface area contributed by atoms with Crippen molar-refractivity contribution >= 4 is 29.1 Å². The second-order valence-corrected chi connectivity index (χ2v) is 6.23. The number of halogens is 1. The Bertz CT molecular complexity index is 746. The van der Waals surface area contributed by atoms with E-state index in [1.54, 1.807) is 6.07 Å². The molecule has 1 saturated carbocycles. The van der Waals surface area contributed by atoms with E-state index in [9.17, 15) is 9.59 Å². The molecule has 2 aromatic carbocycles. The van der Waals surface area contributed by atoms with Crippen LogP contribution in [0.25, 0.3) is 0 Å². The molecule has 3 rings (SSSR count). The minimum Gasteiger partial charge on any atom is -0.366 e. The molecule has 118 valence electrons. The standard InChI is InChI=1S/C18H17ClN2O2/c19-15-7-6-12(18(20)23)9-16(15)21-17(22)10-13-8-14(13)11-4-2-1-3-5-11/h1-7,9,13-14H,8,10H2,(H2,20,23)(H,21,22)/t13-,14-/m0/s1. The quantitative estimate of drug-likeness (QED) is 0.880. The molecule has 3 N–H and O–H groups in total. The molecule has 1 aliphatic rings. The van der Waals surface area contributed by atoms with Gasteiger partial charge in [-0.3, -0.25) is 9.59 Å². The largest absolute Gasteiger partial charge is 0.366 e. The highest BCUT2D eigenvalue weighted by atomic mass is 35.5. The van der Waals surface area contributed by atoms with Gasteiger partial charge < -0.3 is 11.1 Å². The summed E-state index contributed by atoms with van der Waals surface area (Å²) in [5.41, 5.74) is 7.26. The van der Waals surface area contributed by atoms with Crippen molar-refractivity contribution in [3.8, 4) is 0 Å². The molecule has 1 aliphatic carbocycles. The van der Waals surface area contributed by atoms with Gasteiger partial charge in [0.2, 0.25) is 11.8 Å². The normalized spacial score (nSPS) is 19.2. The van der Waals surface area contributed by atoms with Gasteiger partial charge in [-0.05, 0) is 42.0 Å². The maximum Gasteiger partial charge on any atom is 0.248 e. The Labute approximate surface area is 139 Å². The van der Waals surface area contributed by atoms with Gasteiger partial charge in [0.15, 0.2) is 0 Å². The van der Waals surface area contributed by atoms with Crippen molar-refractivity contribution in [3.05, 3.63) is 64.7 Å². The van der Waals surface area contributed by atoms with E-state index in [1.165, 1.54) is 17.7 Å². The summed E-state index contributed by atoms with van der Waals surface area (Å²) in [6.45, 7) is 0. The van der Waals surface area contributed by atoms with E-state index in [-0.39, 0.29) is 5.91 Å². The average molecular weight is 329 g/mol. The van der Waals surface area contributed by atoms with Crippen LogP contribution in [0.2, 0.25) is 5.02 Å². The van der Waals surface area contributed by atoms with Crippen LogP contribution in [-0.2, 0) is 4.79 Å². The van der Waals surface area contributed by atoms with Gasteiger partial charge in [-0.1, -0.05) is 41.9 Å². The summed E-state index contributed by atoms with van der Waals surface area (Å²) in [6.07, 6.45) is 1.46. The summed E-state index contributed by atoms with van der Waals surface area (Å²) in [4.78, 5) is 23.4. The van der Waals surface area contributed by atoms with Gasteiger partial charge in [0, 0.05) is 12.0 Å². The van der Waals surface area contributed by atoms with Crippen LogP contribution in [0.3, 0.4) is 0 Å². The summed E-state index contributed by atoms with van der Waals surface area (Å²) in [7, 11) is 0. The van der Waals surface area contributed by atoms with Crippen LogP contribution in [0.4, 0.5) is 5.69 Å². The number of anilines is 1. The first-order valence-electron chi connectivity index (χ1n) is 7.48. The lowest BCUT2D eigenvalue weighted by atomic mass is 10.1. The molecule has 0 saturated heterocycles. The summed E-state index contributed by atoms with van der Waals surface area (Å²) in [6, 6.07) is 14.8. The number of carbonyl (C=O) groups is 2. The van der Waals surface area contributed by atoms with Crippen molar-refractivity contribution in [1.82, 2.24) is 0 Å². The van der Waals surface area contributed by atoms with Crippen molar-refractivity contribution in [2.24, 2.45) is 11.7 Å². The van der Waals surface area contributed by atoms with Crippen molar-refractivity contribution in [2.45, 2.75) is 18.8 Å². The third-order valence-corrected chi connectivity index (χ3v) is 4.45. The Kier molecular flexibility index (Phi) is 4.35. The maximum absolute atomic E-state index is 12.2. The topological polar surface area (TPSA) is 72.2 Å². The van der Waals surface area contributed by atoms with Crippen molar-refractivity contribution in [2.75, 3.05) is 5.32 Å². The molecule has 2 amide bonds. The van der Waals surface area contributed by atoms with Crippen LogP contribution in [0.5, 0.6) is 0 Å². The van der Waals surface area contributed by atoms with Crippen LogP contribution in [-0.4, -0.2) is 11.8 Å². The van der Waals surface area contributed by atoms with Gasteiger partial charge in [-0.15, -0.1) is 0 Å². The van der Waals surface area contributed by atoms with E-state index < -0.39 is 5.91 Å². The van der Waals surface area contributed by atoms with Crippen LogP contribution in [0.1, 0.15) is 34.7 Å². The van der Waals surface area contributed by atoms with Gasteiger partial charge in [-0.25, -0.2) is 0 Å². The van der Waals surface area contributed by atoms with Gasteiger partial charge in [0.25, 0.3) is 0 Å². The first-order valence-corrected chi connectivity index (χ1v) is 7.86. The summed E-state index contributed by atoms with van der Waals surface area (Å²) >= 11 is 6.05. The van der Waals surface area contributed by atoms with Gasteiger partial charge in [0.05, 0.1) is 10.7 Å². The van der Waals surface area contributed by atoms with Gasteiger partial charge >= 0.3 is 0 Å². The lowest BCUT2D eigenvalue weighted by molar-refractivity contribution is -0.116. The maximum atomic E-state index is 12.2. The molecule has 2 atom stereocenters. The Morgan fingerprint density at radius 2 is 1.91 bits per heavy atom. The Morgan fingerprint density at radius 3 is 2.61 bits per heavy atom. The second kappa shape index (κ2) is 6.42. The van der Waals surface area contributed by atoms with Crippen LogP contribution in [0.15, 0.2) is 48.5 Å². The smallest absolute Gasteiger partial charge is 0.248 e. The van der Waals surface area contributed by atoms with Crippen LogP contribution in [0, 0.1) is 5.92 Å². The van der Waals surface area contributed by atoms with E-state index in [0.29, 0.717) is 34.5 Å². The molecule has 4 nitrogen and oxygen atoms in total. The molecule has 0 bridgehead atoms. The fourth-order valence-electron chi connectivity index (χ4n) is 2.80. The SMILES string of the molecule is NC(=O)c1ccc(Cl)c(NC(=O)C[C@@H]2C[C@H]2c2ccccc2)c1. The molecular weight excluding hydrogens is 312 g/mol. The number of nitrogens with one attached hydrogen (secondary N) is 1. The molecule has 0 radical (unpaired) electrons. The zero-order valence-electron chi connectivity index (χ0n) is 12.5. The molecule has 2 aromatic rings. The monoisotopic (exact) mass is 328 g/mol. The molecule has 0 heterocycles. The highest BCUT2D eigenvalue weighted by Crippen LogP contribution is 2.49. The van der Waals surface area contributed by atoms with Crippen molar-refractivity contribution < 1.29 is 9.59 Å². The summed E-state index contributed by atoms with van der Waals surface area (Å²) in [5, 5.41) is 3.16. The molecular formula is C18H17ClN2O2. The highest BCUT2D eigenvalue weighted by Gasteiger charge is 2.39. The molecule has 0 aromatic heterocycles. The Hall–Kier alpha value is -2.33. The predicted octanol–water partition coefficient (Wildman–Crippen LogP) is 3.57. The number of nitrogens with two attached hydrogens (primary N) is 1. The van der Waals surface area contributed by atoms with Crippen molar-refractivity contribution in [1.29, 1.82) is 0 Å². The van der Waals surface area contributed by atoms with Crippen molar-refractivity contribution in [3.63, 3.8) is 0 Å². The number of carbonyl (C=O) groups excluding carboxylic acids is 2. The second-order valence-electron chi connectivity index (χ2n) is 5.82. The summed E-state index contributed by atoms with van der Waals surface area (Å²) in [5.74, 6) is 0.158. The minimum atomic E-state index is -0.552. The highest BCUT2D eigenvalue weighted by molar-refractivity contribution is 6.33. The Morgan fingerprint density at radius 1 is 1.17 bits per heavy atom.